The van der Waals surface area contributed by atoms with Crippen LogP contribution in [-0.4, -0.2) is 33.2 Å². The summed E-state index contributed by atoms with van der Waals surface area (Å²) in [6.45, 7) is 7.87. The fourth-order valence-electron chi connectivity index (χ4n) is 4.73. The number of nitrogens with one attached hydrogen (secondary N) is 1. The first kappa shape index (κ1) is 19.1. The van der Waals surface area contributed by atoms with E-state index in [9.17, 15) is 15.0 Å². The molecule has 0 unspecified atom stereocenters. The topological polar surface area (TPSA) is 82.0 Å². The number of aromatic hydroxyl groups is 2. The summed E-state index contributed by atoms with van der Waals surface area (Å²) in [7, 11) is 0. The van der Waals surface area contributed by atoms with Gasteiger partial charge in [-0.25, -0.2) is 0 Å². The second kappa shape index (κ2) is 6.69. The molecule has 1 aromatic carbocycles. The van der Waals surface area contributed by atoms with Crippen molar-refractivity contribution in [2.24, 2.45) is 11.3 Å². The summed E-state index contributed by atoms with van der Waals surface area (Å²) >= 11 is 0. The van der Waals surface area contributed by atoms with Gasteiger partial charge in [-0.2, -0.15) is 0 Å². The number of hydrogen-bond donors (Lipinski definition) is 3. The zero-order valence-corrected chi connectivity index (χ0v) is 16.9. The molecule has 1 spiro atoms. The molecule has 3 N–H and O–H groups in total. The van der Waals surface area contributed by atoms with Gasteiger partial charge in [-0.1, -0.05) is 20.8 Å². The van der Waals surface area contributed by atoms with Gasteiger partial charge >= 0.3 is 0 Å². The lowest BCUT2D eigenvalue weighted by Crippen LogP contribution is -2.39. The smallest absolute Gasteiger partial charge is 0.272 e. The van der Waals surface area contributed by atoms with Gasteiger partial charge in [0.05, 0.1) is 0 Å². The fourth-order valence-corrected chi connectivity index (χ4v) is 4.73. The zero-order chi connectivity index (χ0) is 20.1. The Hall–Kier alpha value is -2.21. The van der Waals surface area contributed by atoms with Crippen molar-refractivity contribution in [3.05, 3.63) is 35.0 Å². The Morgan fingerprint density at radius 2 is 1.82 bits per heavy atom. The summed E-state index contributed by atoms with van der Waals surface area (Å²) < 4.78 is 0. The highest BCUT2D eigenvalue weighted by atomic mass is 16.7. The number of phenolic OH excluding ortho intramolecular Hbond substituents is 2. The van der Waals surface area contributed by atoms with Gasteiger partial charge < -0.3 is 15.1 Å². The third-order valence-corrected chi connectivity index (χ3v) is 6.66. The molecule has 4 rings (SSSR count). The van der Waals surface area contributed by atoms with Crippen LogP contribution in [0.3, 0.4) is 0 Å². The van der Waals surface area contributed by atoms with Crippen LogP contribution in [0.4, 0.5) is 0 Å². The molecule has 6 heteroatoms. The number of hydroxylamine groups is 1. The third-order valence-electron chi connectivity index (χ3n) is 6.66. The number of rotatable bonds is 1. The molecule has 3 aliphatic rings. The summed E-state index contributed by atoms with van der Waals surface area (Å²) in [5, 5.41) is 19.4. The van der Waals surface area contributed by atoms with Crippen molar-refractivity contribution in [1.29, 1.82) is 0 Å². The maximum absolute atomic E-state index is 13.0. The Bertz CT molecular complexity index is 817. The van der Waals surface area contributed by atoms with Crippen LogP contribution in [0.25, 0.3) is 0 Å². The highest BCUT2D eigenvalue weighted by Gasteiger charge is 2.43. The molecule has 0 saturated heterocycles. The fraction of sp³-hybridized carbons (Fsp3) is 0.591. The number of benzene rings is 1. The monoisotopic (exact) mass is 386 g/mol. The molecule has 2 aliphatic heterocycles. The molecule has 0 bridgehead atoms. The highest BCUT2D eigenvalue weighted by Crippen LogP contribution is 2.45. The standard InChI is InChI=1S/C22H30N2O4/c1-21(2,3)16-4-7-22(8-5-16)12-17(23-28-22)20(27)24-9-6-14-10-18(25)19(26)11-15(14)13-24/h10-12,16,23,25-26H,4-9,13H2,1-3H3. The Kier molecular flexibility index (Phi) is 4.57. The van der Waals surface area contributed by atoms with Crippen molar-refractivity contribution in [3.63, 3.8) is 0 Å². The van der Waals surface area contributed by atoms with Crippen molar-refractivity contribution in [2.75, 3.05) is 6.54 Å². The molecule has 152 valence electrons. The molecule has 0 atom stereocenters. The van der Waals surface area contributed by atoms with Crippen molar-refractivity contribution in [1.82, 2.24) is 10.4 Å². The Balaban J connectivity index is 1.45. The molecule has 1 aliphatic carbocycles. The molecule has 0 aromatic heterocycles. The summed E-state index contributed by atoms with van der Waals surface area (Å²) in [6, 6.07) is 3.14. The number of fused-ring (bicyclic) bond motifs is 1. The molecular weight excluding hydrogens is 356 g/mol. The average molecular weight is 386 g/mol. The molecule has 0 radical (unpaired) electrons. The molecule has 1 fully saturated rings. The van der Waals surface area contributed by atoms with Crippen molar-refractivity contribution in [3.8, 4) is 11.5 Å². The molecule has 28 heavy (non-hydrogen) atoms. The van der Waals surface area contributed by atoms with Crippen molar-refractivity contribution >= 4 is 5.91 Å². The van der Waals surface area contributed by atoms with E-state index in [1.54, 1.807) is 17.0 Å². The third kappa shape index (κ3) is 3.46. The van der Waals surface area contributed by atoms with Crippen molar-refractivity contribution in [2.45, 2.75) is 65.0 Å². The molecule has 1 amide bonds. The lowest BCUT2D eigenvalue weighted by molar-refractivity contribution is -0.130. The van der Waals surface area contributed by atoms with E-state index in [-0.39, 0.29) is 23.0 Å². The maximum atomic E-state index is 13.0. The van der Waals surface area contributed by atoms with Crippen LogP contribution in [-0.2, 0) is 22.6 Å². The number of phenols is 2. The summed E-state index contributed by atoms with van der Waals surface area (Å²) in [5.41, 5.74) is 5.18. The van der Waals surface area contributed by atoms with Gasteiger partial charge in [-0.15, -0.1) is 0 Å². The quantitative estimate of drug-likeness (QED) is 0.645. The van der Waals surface area contributed by atoms with Crippen LogP contribution in [0.15, 0.2) is 23.9 Å². The van der Waals surface area contributed by atoms with E-state index in [4.69, 9.17) is 4.84 Å². The number of nitrogens with zero attached hydrogens (tertiary/aromatic N) is 1. The lowest BCUT2D eigenvalue weighted by atomic mass is 9.68. The van der Waals surface area contributed by atoms with Gasteiger partial charge in [-0.3, -0.25) is 15.1 Å². The number of carbonyl (C=O) groups is 1. The van der Waals surface area contributed by atoms with Crippen LogP contribution in [0.2, 0.25) is 0 Å². The predicted octanol–water partition coefficient (Wildman–Crippen LogP) is 3.38. The highest BCUT2D eigenvalue weighted by molar-refractivity contribution is 5.93. The minimum atomic E-state index is -0.371. The van der Waals surface area contributed by atoms with Gasteiger partial charge in [-0.05, 0) is 72.8 Å². The minimum Gasteiger partial charge on any atom is -0.504 e. The van der Waals surface area contributed by atoms with Gasteiger partial charge in [0.25, 0.3) is 5.91 Å². The van der Waals surface area contributed by atoms with Crippen LogP contribution in [0.5, 0.6) is 11.5 Å². The van der Waals surface area contributed by atoms with E-state index >= 15 is 0 Å². The molecular formula is C22H30N2O4. The first-order valence-corrected chi connectivity index (χ1v) is 10.2. The van der Waals surface area contributed by atoms with Crippen LogP contribution >= 0.6 is 0 Å². The van der Waals surface area contributed by atoms with Gasteiger partial charge in [0.15, 0.2) is 11.5 Å². The Morgan fingerprint density at radius 1 is 1.18 bits per heavy atom. The number of hydrogen-bond acceptors (Lipinski definition) is 5. The maximum Gasteiger partial charge on any atom is 0.272 e. The number of carbonyl (C=O) groups excluding carboxylic acids is 1. The first-order valence-electron chi connectivity index (χ1n) is 10.2. The molecule has 2 heterocycles. The average Bonchev–Trinajstić information content (AvgIpc) is 3.05. The van der Waals surface area contributed by atoms with Gasteiger partial charge in [0, 0.05) is 13.1 Å². The van der Waals surface area contributed by atoms with Crippen molar-refractivity contribution < 1.29 is 19.8 Å². The Labute approximate surface area is 166 Å². The predicted molar refractivity (Wildman–Crippen MR) is 105 cm³/mol. The van der Waals surface area contributed by atoms with E-state index in [0.717, 1.165) is 36.8 Å². The van der Waals surface area contributed by atoms with E-state index in [1.807, 2.05) is 6.08 Å². The lowest BCUT2D eigenvalue weighted by Gasteiger charge is -2.40. The van der Waals surface area contributed by atoms with E-state index < -0.39 is 0 Å². The summed E-state index contributed by atoms with van der Waals surface area (Å²) in [5.74, 6) is 0.342. The van der Waals surface area contributed by atoms with Crippen LogP contribution < -0.4 is 5.48 Å². The second-order valence-corrected chi connectivity index (χ2v) is 9.55. The SMILES string of the molecule is CC(C)(C)C1CCC2(C=C(C(=O)N3CCc4cc(O)c(O)cc4C3)NO2)CC1. The molecule has 6 nitrogen and oxygen atoms in total. The summed E-state index contributed by atoms with van der Waals surface area (Å²) in [4.78, 5) is 20.7. The second-order valence-electron chi connectivity index (χ2n) is 9.55. The summed E-state index contributed by atoms with van der Waals surface area (Å²) in [6.07, 6.45) is 6.69. The number of amides is 1. The molecule has 1 saturated carbocycles. The van der Waals surface area contributed by atoms with Crippen LogP contribution in [0.1, 0.15) is 57.6 Å². The zero-order valence-electron chi connectivity index (χ0n) is 16.9. The van der Waals surface area contributed by atoms with Gasteiger partial charge in [0.1, 0.15) is 11.3 Å². The largest absolute Gasteiger partial charge is 0.504 e. The first-order chi connectivity index (χ1) is 13.2. The Morgan fingerprint density at radius 3 is 2.46 bits per heavy atom. The normalized spacial score (nSPS) is 27.3. The molecule has 1 aromatic rings. The minimum absolute atomic E-state index is 0.0759. The van der Waals surface area contributed by atoms with E-state index in [2.05, 4.69) is 26.3 Å². The van der Waals surface area contributed by atoms with E-state index in [0.29, 0.717) is 36.5 Å². The van der Waals surface area contributed by atoms with Crippen LogP contribution in [0, 0.1) is 11.3 Å². The van der Waals surface area contributed by atoms with Gasteiger partial charge in [0.2, 0.25) is 0 Å². The van der Waals surface area contributed by atoms with E-state index in [1.165, 1.54) is 0 Å².